The lowest BCUT2D eigenvalue weighted by Crippen LogP contribution is -2.35. The van der Waals surface area contributed by atoms with Crippen molar-refractivity contribution in [1.29, 1.82) is 0 Å². The first kappa shape index (κ1) is 19.7. The van der Waals surface area contributed by atoms with Gasteiger partial charge in [-0.05, 0) is 32.0 Å². The van der Waals surface area contributed by atoms with Crippen LogP contribution in [0.2, 0.25) is 0 Å². The Morgan fingerprint density at radius 1 is 1.35 bits per heavy atom. The van der Waals surface area contributed by atoms with E-state index in [1.165, 1.54) is 12.1 Å². The van der Waals surface area contributed by atoms with Crippen molar-refractivity contribution >= 4 is 23.5 Å². The second-order valence-corrected chi connectivity index (χ2v) is 6.28. The number of carbonyl (C=O) groups is 3. The molecule has 1 aromatic carbocycles. The molecule has 1 heterocycles. The predicted octanol–water partition coefficient (Wildman–Crippen LogP) is 2.13. The van der Waals surface area contributed by atoms with Crippen LogP contribution in [0.15, 0.2) is 24.3 Å². The van der Waals surface area contributed by atoms with Crippen LogP contribution in [-0.4, -0.2) is 37.0 Å². The van der Waals surface area contributed by atoms with Crippen LogP contribution in [0.5, 0.6) is 0 Å². The molecule has 26 heavy (non-hydrogen) atoms. The molecule has 1 atom stereocenters. The van der Waals surface area contributed by atoms with E-state index in [4.69, 9.17) is 4.74 Å². The summed E-state index contributed by atoms with van der Waals surface area (Å²) in [6, 6.07) is 4.24. The standard InChI is InChI=1S/C17H19F3N2O4/c1-10(2)21-14(23)9-26-16(25)11-6-15(24)22(8-11)13-5-3-4-12(7-13)17(18,19)20/h3-5,7,10-11H,6,8-9H2,1-2H3,(H,21,23)/t11-/m0/s1. The monoisotopic (exact) mass is 372 g/mol. The van der Waals surface area contributed by atoms with Gasteiger partial charge in [0.2, 0.25) is 5.91 Å². The van der Waals surface area contributed by atoms with Gasteiger partial charge in [0.25, 0.3) is 5.91 Å². The molecular weight excluding hydrogens is 353 g/mol. The van der Waals surface area contributed by atoms with Crippen LogP contribution in [0.3, 0.4) is 0 Å². The SMILES string of the molecule is CC(C)NC(=O)COC(=O)[C@H]1CC(=O)N(c2cccc(C(F)(F)F)c2)C1. The van der Waals surface area contributed by atoms with Crippen molar-refractivity contribution in [2.24, 2.45) is 5.92 Å². The van der Waals surface area contributed by atoms with E-state index < -0.39 is 42.0 Å². The second kappa shape index (κ2) is 7.76. The number of hydrogen-bond acceptors (Lipinski definition) is 4. The van der Waals surface area contributed by atoms with Crippen molar-refractivity contribution in [2.75, 3.05) is 18.1 Å². The maximum atomic E-state index is 12.8. The van der Waals surface area contributed by atoms with Crippen LogP contribution >= 0.6 is 0 Å². The topological polar surface area (TPSA) is 75.7 Å². The summed E-state index contributed by atoms with van der Waals surface area (Å²) < 4.78 is 43.3. The van der Waals surface area contributed by atoms with Gasteiger partial charge in [0, 0.05) is 24.7 Å². The van der Waals surface area contributed by atoms with Gasteiger partial charge in [0.05, 0.1) is 11.5 Å². The average molecular weight is 372 g/mol. The maximum absolute atomic E-state index is 12.8. The van der Waals surface area contributed by atoms with Gasteiger partial charge in [-0.1, -0.05) is 6.07 Å². The van der Waals surface area contributed by atoms with Crippen LogP contribution in [0.1, 0.15) is 25.8 Å². The first-order chi connectivity index (χ1) is 12.1. The molecule has 0 unspecified atom stereocenters. The number of amides is 2. The highest BCUT2D eigenvalue weighted by atomic mass is 19.4. The van der Waals surface area contributed by atoms with Crippen LogP contribution in [-0.2, 0) is 25.3 Å². The van der Waals surface area contributed by atoms with Gasteiger partial charge in [-0.15, -0.1) is 0 Å². The van der Waals surface area contributed by atoms with Gasteiger partial charge in [-0.2, -0.15) is 13.2 Å². The zero-order valence-electron chi connectivity index (χ0n) is 14.3. The lowest BCUT2D eigenvalue weighted by molar-refractivity contribution is -0.152. The molecular formula is C17H19F3N2O4. The van der Waals surface area contributed by atoms with Crippen LogP contribution < -0.4 is 10.2 Å². The second-order valence-electron chi connectivity index (χ2n) is 6.28. The van der Waals surface area contributed by atoms with Crippen LogP contribution in [0.25, 0.3) is 0 Å². The minimum Gasteiger partial charge on any atom is -0.455 e. The third kappa shape index (κ3) is 4.96. The summed E-state index contributed by atoms with van der Waals surface area (Å²) in [5.41, 5.74) is -0.808. The average Bonchev–Trinajstić information content (AvgIpc) is 2.93. The Hall–Kier alpha value is -2.58. The van der Waals surface area contributed by atoms with E-state index in [0.29, 0.717) is 0 Å². The molecule has 1 fully saturated rings. The minimum atomic E-state index is -4.53. The van der Waals surface area contributed by atoms with E-state index in [2.05, 4.69) is 5.32 Å². The van der Waals surface area contributed by atoms with Gasteiger partial charge in [-0.25, -0.2) is 0 Å². The molecule has 0 saturated carbocycles. The number of ether oxygens (including phenoxy) is 1. The van der Waals surface area contributed by atoms with Crippen LogP contribution in [0.4, 0.5) is 18.9 Å². The third-order valence-corrected chi connectivity index (χ3v) is 3.74. The first-order valence-corrected chi connectivity index (χ1v) is 8.01. The number of benzene rings is 1. The number of halogens is 3. The molecule has 142 valence electrons. The van der Waals surface area contributed by atoms with Gasteiger partial charge in [-0.3, -0.25) is 14.4 Å². The number of nitrogens with one attached hydrogen (secondary N) is 1. The number of nitrogens with zero attached hydrogens (tertiary/aromatic N) is 1. The fourth-order valence-electron chi connectivity index (χ4n) is 2.58. The highest BCUT2D eigenvalue weighted by Gasteiger charge is 2.37. The predicted molar refractivity (Wildman–Crippen MR) is 86.1 cm³/mol. The van der Waals surface area contributed by atoms with Gasteiger partial charge in [0.1, 0.15) is 0 Å². The Kier molecular flexibility index (Phi) is 5.89. The quantitative estimate of drug-likeness (QED) is 0.804. The van der Waals surface area contributed by atoms with Gasteiger partial charge >= 0.3 is 12.1 Å². The number of alkyl halides is 3. The fraction of sp³-hybridized carbons (Fsp3) is 0.471. The van der Waals surface area contributed by atoms with Crippen molar-refractivity contribution in [3.63, 3.8) is 0 Å². The summed E-state index contributed by atoms with van der Waals surface area (Å²) in [5, 5.41) is 2.55. The smallest absolute Gasteiger partial charge is 0.416 e. The molecule has 1 aliphatic heterocycles. The van der Waals surface area contributed by atoms with Crippen molar-refractivity contribution < 1.29 is 32.3 Å². The summed E-state index contributed by atoms with van der Waals surface area (Å²) in [6.07, 6.45) is -4.71. The molecule has 0 aromatic heterocycles. The number of esters is 1. The number of carbonyl (C=O) groups excluding carboxylic acids is 3. The van der Waals surface area contributed by atoms with Gasteiger partial charge < -0.3 is 15.0 Å². The largest absolute Gasteiger partial charge is 0.455 e. The lowest BCUT2D eigenvalue weighted by Gasteiger charge is -2.18. The Balaban J connectivity index is 2.00. The summed E-state index contributed by atoms with van der Waals surface area (Å²) in [4.78, 5) is 36.7. The van der Waals surface area contributed by atoms with E-state index >= 15 is 0 Å². The molecule has 1 N–H and O–H groups in total. The molecule has 1 aromatic rings. The lowest BCUT2D eigenvalue weighted by atomic mass is 10.1. The highest BCUT2D eigenvalue weighted by Crippen LogP contribution is 2.33. The van der Waals surface area contributed by atoms with E-state index in [9.17, 15) is 27.6 Å². The Labute approximate surface area is 148 Å². The van der Waals surface area contributed by atoms with Crippen molar-refractivity contribution in [2.45, 2.75) is 32.5 Å². The molecule has 0 bridgehead atoms. The minimum absolute atomic E-state index is 0.0673. The van der Waals surface area contributed by atoms with E-state index in [0.717, 1.165) is 17.0 Å². The Morgan fingerprint density at radius 3 is 2.65 bits per heavy atom. The molecule has 1 aliphatic rings. The summed E-state index contributed by atoms with van der Waals surface area (Å²) in [5.74, 6) is -2.50. The number of rotatable bonds is 5. The summed E-state index contributed by atoms with van der Waals surface area (Å²) >= 11 is 0. The Bertz CT molecular complexity index is 703. The first-order valence-electron chi connectivity index (χ1n) is 8.01. The molecule has 2 amide bonds. The van der Waals surface area contributed by atoms with Crippen molar-refractivity contribution in [3.05, 3.63) is 29.8 Å². The van der Waals surface area contributed by atoms with E-state index in [1.807, 2.05) is 0 Å². The third-order valence-electron chi connectivity index (χ3n) is 3.74. The van der Waals surface area contributed by atoms with E-state index in [-0.39, 0.29) is 24.7 Å². The van der Waals surface area contributed by atoms with E-state index in [1.54, 1.807) is 13.8 Å². The zero-order valence-corrected chi connectivity index (χ0v) is 14.3. The normalized spacial score (nSPS) is 17.5. The maximum Gasteiger partial charge on any atom is 0.416 e. The Morgan fingerprint density at radius 2 is 2.04 bits per heavy atom. The molecule has 9 heteroatoms. The molecule has 6 nitrogen and oxygen atoms in total. The number of hydrogen-bond donors (Lipinski definition) is 1. The molecule has 0 aliphatic carbocycles. The molecule has 1 saturated heterocycles. The molecule has 0 spiro atoms. The van der Waals surface area contributed by atoms with Crippen molar-refractivity contribution in [3.8, 4) is 0 Å². The summed E-state index contributed by atoms with van der Waals surface area (Å²) in [6.45, 7) is 2.95. The fourth-order valence-corrected chi connectivity index (χ4v) is 2.58. The van der Waals surface area contributed by atoms with Crippen LogP contribution in [0, 0.1) is 5.92 Å². The molecule has 2 rings (SSSR count). The summed E-state index contributed by atoms with van der Waals surface area (Å²) in [7, 11) is 0. The van der Waals surface area contributed by atoms with Crippen molar-refractivity contribution in [1.82, 2.24) is 5.32 Å². The zero-order chi connectivity index (χ0) is 19.5. The highest BCUT2D eigenvalue weighted by molar-refractivity contribution is 5.99. The van der Waals surface area contributed by atoms with Gasteiger partial charge in [0.15, 0.2) is 6.61 Å². The molecule has 0 radical (unpaired) electrons. The number of anilines is 1.